The van der Waals surface area contributed by atoms with Gasteiger partial charge < -0.3 is 0 Å². The summed E-state index contributed by atoms with van der Waals surface area (Å²) < 4.78 is 131. The molecule has 15 heteroatoms. The van der Waals surface area contributed by atoms with E-state index in [4.69, 9.17) is 4.55 Å². The molecule has 0 rings (SSSR count). The van der Waals surface area contributed by atoms with Crippen molar-refractivity contribution in [2.24, 2.45) is 0 Å². The standard InChI is InChI=1S/C9H11F6NO5S2.Li.H/c1-3-5-16(6-4-2)22(17,18)8(12,13)7(10,11)9(14,15)23(19,20)21;;/h3-4H,1-2,5-6H2,(H,19,20,21);;. The Morgan fingerprint density at radius 3 is 1.46 bits per heavy atom. The molecule has 0 unspecified atom stereocenters. The molecule has 24 heavy (non-hydrogen) atoms. The third-order valence-corrected chi connectivity index (χ3v) is 5.17. The Balaban J connectivity index is 0. The molecule has 0 aliphatic carbocycles. The third kappa shape index (κ3) is 4.00. The zero-order chi connectivity index (χ0) is 18.9. The van der Waals surface area contributed by atoms with Gasteiger partial charge in [-0.05, 0) is 0 Å². The van der Waals surface area contributed by atoms with Crippen molar-refractivity contribution in [3.05, 3.63) is 25.3 Å². The van der Waals surface area contributed by atoms with Crippen LogP contribution in [0.3, 0.4) is 0 Å². The Morgan fingerprint density at radius 2 is 1.21 bits per heavy atom. The topological polar surface area (TPSA) is 91.8 Å². The van der Waals surface area contributed by atoms with E-state index in [2.05, 4.69) is 13.2 Å². The molecule has 138 valence electrons. The number of nitrogens with zero attached hydrogens (tertiary/aromatic N) is 1. The quantitative estimate of drug-likeness (QED) is 0.271. The fraction of sp³-hybridized carbons (Fsp3) is 0.556. The molecule has 0 aromatic rings. The molecule has 0 radical (unpaired) electrons. The third-order valence-electron chi connectivity index (χ3n) is 2.38. The van der Waals surface area contributed by atoms with Gasteiger partial charge in [0, 0.05) is 13.1 Å². The first-order chi connectivity index (χ1) is 10.0. The number of halogens is 6. The van der Waals surface area contributed by atoms with E-state index in [0.29, 0.717) is 12.2 Å². The Bertz CT molecular complexity index is 669. The second-order valence-electron chi connectivity index (χ2n) is 3.98. The predicted octanol–water partition coefficient (Wildman–Crippen LogP) is 1.05. The molecule has 0 saturated heterocycles. The van der Waals surface area contributed by atoms with Gasteiger partial charge in [0.15, 0.2) is 0 Å². The van der Waals surface area contributed by atoms with Crippen molar-refractivity contribution < 1.29 is 47.7 Å². The summed E-state index contributed by atoms with van der Waals surface area (Å²) in [4.78, 5) is 0. The van der Waals surface area contributed by atoms with Crippen LogP contribution in [0.1, 0.15) is 0 Å². The van der Waals surface area contributed by atoms with Crippen molar-refractivity contribution in [2.45, 2.75) is 16.4 Å². The maximum atomic E-state index is 13.6. The number of alkyl halides is 6. The van der Waals surface area contributed by atoms with E-state index in [1.54, 1.807) is 0 Å². The maximum absolute atomic E-state index is 13.6. The summed E-state index contributed by atoms with van der Waals surface area (Å²) in [6.45, 7) is 3.99. The van der Waals surface area contributed by atoms with Crippen LogP contribution < -0.4 is 0 Å². The van der Waals surface area contributed by atoms with Crippen molar-refractivity contribution in [3.63, 3.8) is 0 Å². The summed E-state index contributed by atoms with van der Waals surface area (Å²) in [7, 11) is -13.5. The minimum atomic E-state index is -7.04. The molecule has 0 spiro atoms. The van der Waals surface area contributed by atoms with Crippen molar-refractivity contribution in [1.29, 1.82) is 0 Å². The normalized spacial score (nSPS) is 14.2. The molecule has 1 N–H and O–H groups in total. The molecule has 0 heterocycles. The van der Waals surface area contributed by atoms with Crippen molar-refractivity contribution in [1.82, 2.24) is 4.31 Å². The van der Waals surface area contributed by atoms with Crippen LogP contribution in [0, 0.1) is 0 Å². The van der Waals surface area contributed by atoms with Crippen molar-refractivity contribution >= 4 is 39.0 Å². The molecular weight excluding hydrogens is 387 g/mol. The summed E-state index contributed by atoms with van der Waals surface area (Å²) in [5, 5.41) is -13.3. The van der Waals surface area contributed by atoms with Gasteiger partial charge in [0.2, 0.25) is 0 Å². The van der Waals surface area contributed by atoms with E-state index in [-0.39, 0.29) is 23.2 Å². The van der Waals surface area contributed by atoms with Crippen molar-refractivity contribution in [2.75, 3.05) is 13.1 Å². The van der Waals surface area contributed by atoms with E-state index < -0.39 is 49.7 Å². The Kier molecular flexibility index (Phi) is 8.35. The van der Waals surface area contributed by atoms with E-state index in [1.165, 1.54) is 0 Å². The average Bonchev–Trinajstić information content (AvgIpc) is 2.36. The van der Waals surface area contributed by atoms with Crippen LogP contribution in [0.4, 0.5) is 26.3 Å². The van der Waals surface area contributed by atoms with Gasteiger partial charge in [-0.25, -0.2) is 8.42 Å². The second-order valence-corrected chi connectivity index (χ2v) is 7.42. The SMILES string of the molecule is C=CCN(CC=C)S(=O)(=O)C(F)(F)C(F)(F)C(F)(F)S(=O)(=O)O.[LiH]. The monoisotopic (exact) mass is 399 g/mol. The van der Waals surface area contributed by atoms with Gasteiger partial charge in [-0.1, -0.05) is 12.2 Å². The molecule has 0 aromatic heterocycles. The molecule has 6 nitrogen and oxygen atoms in total. The minimum absolute atomic E-state index is 0. The van der Waals surface area contributed by atoms with E-state index in [1.807, 2.05) is 0 Å². The Labute approximate surface area is 146 Å². The Hall–Kier alpha value is -0.523. The fourth-order valence-electron chi connectivity index (χ4n) is 1.21. The summed E-state index contributed by atoms with van der Waals surface area (Å²) in [5.41, 5.74) is 0. The number of sulfonamides is 1. The van der Waals surface area contributed by atoms with E-state index in [9.17, 15) is 43.2 Å². The first kappa shape index (κ1) is 25.7. The molecule has 0 aliphatic heterocycles. The van der Waals surface area contributed by atoms with Crippen LogP contribution in [-0.4, -0.2) is 74.1 Å². The zero-order valence-corrected chi connectivity index (χ0v) is 12.7. The van der Waals surface area contributed by atoms with Gasteiger partial charge in [0.05, 0.1) is 0 Å². The van der Waals surface area contributed by atoms with Crippen molar-refractivity contribution in [3.8, 4) is 0 Å². The van der Waals surface area contributed by atoms with Gasteiger partial charge >= 0.3 is 45.4 Å². The van der Waals surface area contributed by atoms with Gasteiger partial charge in [-0.2, -0.15) is 39.1 Å². The first-order valence-corrected chi connectivity index (χ1v) is 8.22. The molecule has 0 aliphatic rings. The molecular formula is C9H12F6LiNO5S2. The molecule has 0 atom stereocenters. The van der Waals surface area contributed by atoms with E-state index >= 15 is 0 Å². The number of rotatable bonds is 9. The zero-order valence-electron chi connectivity index (χ0n) is 11.1. The van der Waals surface area contributed by atoms with Gasteiger partial charge in [0.25, 0.3) is 10.0 Å². The van der Waals surface area contributed by atoms with Crippen LogP contribution in [-0.2, 0) is 20.1 Å². The number of hydrogen-bond donors (Lipinski definition) is 1. The average molecular weight is 399 g/mol. The molecule has 0 fully saturated rings. The van der Waals surface area contributed by atoms with Gasteiger partial charge in [0.1, 0.15) is 0 Å². The van der Waals surface area contributed by atoms with E-state index in [0.717, 1.165) is 0 Å². The predicted molar refractivity (Wildman–Crippen MR) is 74.4 cm³/mol. The van der Waals surface area contributed by atoms with Gasteiger partial charge in [-0.15, -0.1) is 13.2 Å². The van der Waals surface area contributed by atoms with Crippen LogP contribution in [0.25, 0.3) is 0 Å². The van der Waals surface area contributed by atoms with Crippen LogP contribution >= 0.6 is 0 Å². The van der Waals surface area contributed by atoms with Crippen LogP contribution in [0.5, 0.6) is 0 Å². The molecule has 0 bridgehead atoms. The Morgan fingerprint density at radius 1 is 0.875 bits per heavy atom. The summed E-state index contributed by atoms with van der Waals surface area (Å²) in [5.74, 6) is -6.97. The summed E-state index contributed by atoms with van der Waals surface area (Å²) in [6.07, 6.45) is 1.38. The first-order valence-electron chi connectivity index (χ1n) is 5.34. The fourth-order valence-corrected chi connectivity index (χ4v) is 3.11. The molecule has 0 saturated carbocycles. The van der Waals surface area contributed by atoms with Crippen LogP contribution in [0.15, 0.2) is 25.3 Å². The van der Waals surface area contributed by atoms with Crippen LogP contribution in [0.2, 0.25) is 0 Å². The van der Waals surface area contributed by atoms with Gasteiger partial charge in [-0.3, -0.25) is 4.55 Å². The second kappa shape index (κ2) is 7.79. The molecule has 0 aromatic carbocycles. The molecule has 0 amide bonds. The summed E-state index contributed by atoms with van der Waals surface area (Å²) in [6, 6.07) is 0. The summed E-state index contributed by atoms with van der Waals surface area (Å²) >= 11 is 0. The number of hydrogen-bond acceptors (Lipinski definition) is 4.